The maximum Gasteiger partial charge on any atom is 0.338 e. The molecule has 1 aliphatic rings. The van der Waals surface area contributed by atoms with Gasteiger partial charge >= 0.3 is 5.97 Å². The van der Waals surface area contributed by atoms with Crippen LogP contribution in [-0.2, 0) is 9.53 Å². The lowest BCUT2D eigenvalue weighted by atomic mass is 9.96. The first-order valence-corrected chi connectivity index (χ1v) is 7.41. The Morgan fingerprint density at radius 2 is 2.13 bits per heavy atom. The summed E-state index contributed by atoms with van der Waals surface area (Å²) in [5.41, 5.74) is 7.44. The Morgan fingerprint density at radius 3 is 2.78 bits per heavy atom. The molecule has 1 aliphatic heterocycles. The van der Waals surface area contributed by atoms with E-state index in [9.17, 15) is 9.90 Å². The first-order valence-electron chi connectivity index (χ1n) is 7.41. The number of guanidine groups is 1. The van der Waals surface area contributed by atoms with Crippen LogP contribution in [0.5, 0.6) is 11.5 Å². The monoisotopic (exact) mass is 319 g/mol. The average molecular weight is 319 g/mol. The zero-order valence-corrected chi connectivity index (χ0v) is 13.4. The SMILES string of the molecule is CCOC(=O)C1=C(C)NC(N)=N[C@@H]1c1ccc(O)c(OCC)c1. The standard InChI is InChI=1S/C16H21N3O4/c1-4-22-12-8-10(6-7-11(12)20)14-13(15(21)23-5-2)9(3)18-16(17)19-14/h6-8,14,20H,4-5H2,1-3H3,(H3,17,18,19)/t14-/m1/s1. The summed E-state index contributed by atoms with van der Waals surface area (Å²) >= 11 is 0. The number of rotatable bonds is 5. The number of aliphatic imine (C=N–C) groups is 1. The summed E-state index contributed by atoms with van der Waals surface area (Å²) in [5.74, 6) is 0.120. The molecule has 0 amide bonds. The number of hydrogen-bond acceptors (Lipinski definition) is 7. The molecular weight excluding hydrogens is 298 g/mol. The van der Waals surface area contributed by atoms with E-state index < -0.39 is 12.0 Å². The average Bonchev–Trinajstić information content (AvgIpc) is 2.49. The third-order valence-electron chi connectivity index (χ3n) is 3.36. The second kappa shape index (κ2) is 7.04. The molecule has 2 rings (SSSR count). The molecule has 1 aromatic rings. The minimum atomic E-state index is -0.616. The van der Waals surface area contributed by atoms with Crippen molar-refractivity contribution >= 4 is 11.9 Å². The number of phenolic OH excluding ortho intramolecular Hbond substituents is 1. The minimum absolute atomic E-state index is 0.0277. The van der Waals surface area contributed by atoms with Gasteiger partial charge in [-0.25, -0.2) is 9.79 Å². The molecule has 4 N–H and O–H groups in total. The van der Waals surface area contributed by atoms with Crippen LogP contribution in [0, 0.1) is 0 Å². The molecule has 23 heavy (non-hydrogen) atoms. The lowest BCUT2D eigenvalue weighted by Crippen LogP contribution is -2.37. The van der Waals surface area contributed by atoms with Gasteiger partial charge in [-0.05, 0) is 38.5 Å². The van der Waals surface area contributed by atoms with Crippen LogP contribution in [0.15, 0.2) is 34.5 Å². The van der Waals surface area contributed by atoms with E-state index >= 15 is 0 Å². The van der Waals surface area contributed by atoms with E-state index in [1.165, 1.54) is 6.07 Å². The zero-order chi connectivity index (χ0) is 17.0. The predicted molar refractivity (Wildman–Crippen MR) is 86.1 cm³/mol. The predicted octanol–water partition coefficient (Wildman–Crippen LogP) is 1.59. The molecule has 0 saturated carbocycles. The molecule has 1 atom stereocenters. The Balaban J connectivity index is 2.47. The number of ether oxygens (including phenoxy) is 2. The fourth-order valence-corrected chi connectivity index (χ4v) is 2.39. The Labute approximate surface area is 134 Å². The summed E-state index contributed by atoms with van der Waals surface area (Å²) in [6.45, 7) is 5.98. The van der Waals surface area contributed by atoms with Crippen LogP contribution in [0.25, 0.3) is 0 Å². The number of carbonyl (C=O) groups is 1. The van der Waals surface area contributed by atoms with Crippen LogP contribution in [0.2, 0.25) is 0 Å². The normalized spacial score (nSPS) is 17.3. The second-order valence-corrected chi connectivity index (χ2v) is 4.96. The maximum atomic E-state index is 12.3. The Morgan fingerprint density at radius 1 is 1.39 bits per heavy atom. The van der Waals surface area contributed by atoms with Crippen molar-refractivity contribution in [2.24, 2.45) is 10.7 Å². The molecule has 0 bridgehead atoms. The van der Waals surface area contributed by atoms with Gasteiger partial charge < -0.3 is 25.6 Å². The second-order valence-electron chi connectivity index (χ2n) is 4.96. The van der Waals surface area contributed by atoms with Crippen LogP contribution in [0.3, 0.4) is 0 Å². The van der Waals surface area contributed by atoms with Crippen molar-refractivity contribution in [1.82, 2.24) is 5.32 Å². The van der Waals surface area contributed by atoms with Gasteiger partial charge in [-0.1, -0.05) is 6.07 Å². The number of nitrogens with two attached hydrogens (primary N) is 1. The number of aromatic hydroxyl groups is 1. The quantitative estimate of drug-likeness (QED) is 0.712. The summed E-state index contributed by atoms with van der Waals surface area (Å²) in [6.07, 6.45) is 0. The van der Waals surface area contributed by atoms with Gasteiger partial charge in [0.05, 0.1) is 18.8 Å². The van der Waals surface area contributed by atoms with E-state index in [0.29, 0.717) is 29.2 Å². The van der Waals surface area contributed by atoms with Gasteiger partial charge in [-0.3, -0.25) is 0 Å². The molecule has 0 saturated heterocycles. The summed E-state index contributed by atoms with van der Waals surface area (Å²) in [5, 5.41) is 12.7. The van der Waals surface area contributed by atoms with Crippen LogP contribution in [0.4, 0.5) is 0 Å². The maximum absolute atomic E-state index is 12.3. The fraction of sp³-hybridized carbons (Fsp3) is 0.375. The molecule has 7 nitrogen and oxygen atoms in total. The van der Waals surface area contributed by atoms with Gasteiger partial charge in [-0.2, -0.15) is 0 Å². The first-order chi connectivity index (χ1) is 11.0. The topological polar surface area (TPSA) is 106 Å². The Bertz CT molecular complexity index is 667. The van der Waals surface area contributed by atoms with Gasteiger partial charge in [0.1, 0.15) is 6.04 Å². The number of hydrogen-bond donors (Lipinski definition) is 3. The van der Waals surface area contributed by atoms with Gasteiger partial charge in [0, 0.05) is 5.70 Å². The molecule has 0 fully saturated rings. The number of carbonyl (C=O) groups excluding carboxylic acids is 1. The highest BCUT2D eigenvalue weighted by atomic mass is 16.5. The number of nitrogens with one attached hydrogen (secondary N) is 1. The van der Waals surface area contributed by atoms with Gasteiger partial charge in [0.2, 0.25) is 0 Å². The van der Waals surface area contributed by atoms with E-state index in [1.807, 2.05) is 6.92 Å². The molecule has 0 aliphatic carbocycles. The zero-order valence-electron chi connectivity index (χ0n) is 13.4. The molecule has 1 heterocycles. The molecule has 7 heteroatoms. The van der Waals surface area contributed by atoms with E-state index in [1.54, 1.807) is 26.0 Å². The molecule has 0 spiro atoms. The van der Waals surface area contributed by atoms with Crippen LogP contribution in [0.1, 0.15) is 32.4 Å². The lowest BCUT2D eigenvalue weighted by molar-refractivity contribution is -0.138. The number of esters is 1. The van der Waals surface area contributed by atoms with Crippen molar-refractivity contribution in [3.8, 4) is 11.5 Å². The van der Waals surface area contributed by atoms with Crippen LogP contribution >= 0.6 is 0 Å². The smallest absolute Gasteiger partial charge is 0.338 e. The number of phenols is 1. The van der Waals surface area contributed by atoms with E-state index in [-0.39, 0.29) is 18.3 Å². The largest absolute Gasteiger partial charge is 0.504 e. The number of allylic oxidation sites excluding steroid dienone is 1. The van der Waals surface area contributed by atoms with Crippen LogP contribution in [-0.4, -0.2) is 30.2 Å². The van der Waals surface area contributed by atoms with E-state index in [4.69, 9.17) is 15.2 Å². The first kappa shape index (κ1) is 16.7. The summed E-state index contributed by atoms with van der Waals surface area (Å²) in [7, 11) is 0. The molecule has 0 unspecified atom stereocenters. The molecule has 124 valence electrons. The summed E-state index contributed by atoms with van der Waals surface area (Å²) in [4.78, 5) is 16.6. The molecule has 1 aromatic carbocycles. The fourth-order valence-electron chi connectivity index (χ4n) is 2.39. The third-order valence-corrected chi connectivity index (χ3v) is 3.36. The van der Waals surface area contributed by atoms with Gasteiger partial charge in [0.15, 0.2) is 17.5 Å². The van der Waals surface area contributed by atoms with Gasteiger partial charge in [-0.15, -0.1) is 0 Å². The number of nitrogens with zero attached hydrogens (tertiary/aromatic N) is 1. The number of benzene rings is 1. The highest BCUT2D eigenvalue weighted by Crippen LogP contribution is 2.36. The Kier molecular flexibility index (Phi) is 5.10. The van der Waals surface area contributed by atoms with Crippen molar-refractivity contribution in [3.05, 3.63) is 35.0 Å². The van der Waals surface area contributed by atoms with E-state index in [0.717, 1.165) is 0 Å². The molecule has 0 aromatic heterocycles. The molecule has 0 radical (unpaired) electrons. The van der Waals surface area contributed by atoms with Crippen molar-refractivity contribution in [3.63, 3.8) is 0 Å². The summed E-state index contributed by atoms with van der Waals surface area (Å²) in [6, 6.07) is 4.22. The van der Waals surface area contributed by atoms with Crippen LogP contribution < -0.4 is 15.8 Å². The van der Waals surface area contributed by atoms with Crippen molar-refractivity contribution < 1.29 is 19.4 Å². The minimum Gasteiger partial charge on any atom is -0.504 e. The molecular formula is C16H21N3O4. The Hall–Kier alpha value is -2.70. The van der Waals surface area contributed by atoms with Crippen molar-refractivity contribution in [2.75, 3.05) is 13.2 Å². The lowest BCUT2D eigenvalue weighted by Gasteiger charge is -2.24. The third kappa shape index (κ3) is 3.56. The van der Waals surface area contributed by atoms with E-state index in [2.05, 4.69) is 10.3 Å². The van der Waals surface area contributed by atoms with Gasteiger partial charge in [0.25, 0.3) is 0 Å². The highest BCUT2D eigenvalue weighted by Gasteiger charge is 2.30. The summed E-state index contributed by atoms with van der Waals surface area (Å²) < 4.78 is 10.5. The van der Waals surface area contributed by atoms with Crippen molar-refractivity contribution in [1.29, 1.82) is 0 Å². The highest BCUT2D eigenvalue weighted by molar-refractivity contribution is 5.95. The van der Waals surface area contributed by atoms with Crippen molar-refractivity contribution in [2.45, 2.75) is 26.8 Å².